The van der Waals surface area contributed by atoms with Crippen LogP contribution in [0, 0.1) is 0 Å². The van der Waals surface area contributed by atoms with Crippen molar-refractivity contribution in [2.45, 2.75) is 12.8 Å². The summed E-state index contributed by atoms with van der Waals surface area (Å²) in [5.74, 6) is 2.05. The zero-order chi connectivity index (χ0) is 20.8. The van der Waals surface area contributed by atoms with Crippen LogP contribution in [-0.4, -0.2) is 47.7 Å². The monoisotopic (exact) mass is 549 g/mol. The molecule has 0 unspecified atom stereocenters. The lowest BCUT2D eigenvalue weighted by Gasteiger charge is -2.29. The van der Waals surface area contributed by atoms with Crippen molar-refractivity contribution in [2.24, 2.45) is 4.99 Å². The minimum atomic E-state index is 0. The average Bonchev–Trinajstić information content (AvgIpc) is 3.27. The summed E-state index contributed by atoms with van der Waals surface area (Å²) in [5, 5.41) is 8.14. The number of halogens is 2. The number of hydrogen-bond donors (Lipinski definition) is 1. The van der Waals surface area contributed by atoms with E-state index in [1.165, 1.54) is 11.1 Å². The molecule has 0 saturated heterocycles. The molecule has 1 aliphatic heterocycles. The Balaban J connectivity index is 0.00000272. The van der Waals surface area contributed by atoms with E-state index in [-0.39, 0.29) is 24.0 Å². The Morgan fingerprint density at radius 2 is 1.90 bits per heavy atom. The molecule has 0 aliphatic carbocycles. The van der Waals surface area contributed by atoms with Gasteiger partial charge in [0.05, 0.1) is 0 Å². The number of hydrogen-bond acceptors (Lipinski definition) is 4. The minimum absolute atomic E-state index is 0. The lowest BCUT2D eigenvalue weighted by Crippen LogP contribution is -2.44. The molecule has 0 amide bonds. The fourth-order valence-electron chi connectivity index (χ4n) is 3.46. The van der Waals surface area contributed by atoms with Crippen LogP contribution in [-0.2, 0) is 6.42 Å². The van der Waals surface area contributed by atoms with Crippen LogP contribution in [0.15, 0.2) is 70.2 Å². The van der Waals surface area contributed by atoms with Crippen LogP contribution in [0.2, 0.25) is 5.02 Å². The van der Waals surface area contributed by atoms with Crippen LogP contribution in [0.3, 0.4) is 0 Å². The van der Waals surface area contributed by atoms with Gasteiger partial charge in [0.1, 0.15) is 0 Å². The van der Waals surface area contributed by atoms with Crippen LogP contribution < -0.4 is 5.32 Å². The number of aliphatic imine (C=N–C) groups is 1. The Hall–Kier alpha value is -2.39. The van der Waals surface area contributed by atoms with Gasteiger partial charge in [-0.25, -0.2) is 0 Å². The molecule has 3 aromatic rings. The van der Waals surface area contributed by atoms with Gasteiger partial charge in [-0.1, -0.05) is 53.2 Å². The Bertz CT molecular complexity index is 1030. The molecule has 2 heterocycles. The van der Waals surface area contributed by atoms with Crippen molar-refractivity contribution in [1.82, 2.24) is 20.4 Å². The van der Waals surface area contributed by atoms with E-state index >= 15 is 0 Å². The second-order valence-electron chi connectivity index (χ2n) is 7.03. The maximum atomic E-state index is 5.93. The van der Waals surface area contributed by atoms with E-state index in [1.54, 1.807) is 0 Å². The summed E-state index contributed by atoms with van der Waals surface area (Å²) >= 11 is 5.93. The van der Waals surface area contributed by atoms with Crippen molar-refractivity contribution >= 4 is 47.1 Å². The predicted octanol–water partition coefficient (Wildman–Crippen LogP) is 4.92. The lowest BCUT2D eigenvalue weighted by atomic mass is 10.00. The van der Waals surface area contributed by atoms with Gasteiger partial charge in [-0.2, -0.15) is 4.98 Å². The van der Waals surface area contributed by atoms with Gasteiger partial charge in [0.2, 0.25) is 11.7 Å². The van der Waals surface area contributed by atoms with Gasteiger partial charge in [0, 0.05) is 43.7 Å². The van der Waals surface area contributed by atoms with Crippen LogP contribution >= 0.6 is 35.6 Å². The molecule has 1 aromatic heterocycles. The highest BCUT2D eigenvalue weighted by Crippen LogP contribution is 2.22. The van der Waals surface area contributed by atoms with Gasteiger partial charge in [-0.3, -0.25) is 4.99 Å². The van der Waals surface area contributed by atoms with Crippen molar-refractivity contribution < 1.29 is 4.52 Å². The molecule has 8 heteroatoms. The van der Waals surface area contributed by atoms with Crippen LogP contribution in [0.25, 0.3) is 17.0 Å². The van der Waals surface area contributed by atoms with E-state index in [1.807, 2.05) is 37.4 Å². The Labute approximate surface area is 204 Å². The third kappa shape index (κ3) is 6.07. The normalized spacial score (nSPS) is 14.1. The second-order valence-corrected chi connectivity index (χ2v) is 7.47. The van der Waals surface area contributed by atoms with Crippen molar-refractivity contribution in [3.63, 3.8) is 0 Å². The molecular formula is C23H25ClIN5O. The molecule has 0 bridgehead atoms. The molecule has 162 valence electrons. The lowest BCUT2D eigenvalue weighted by molar-refractivity contribution is 0.377. The van der Waals surface area contributed by atoms with Gasteiger partial charge >= 0.3 is 0 Å². The summed E-state index contributed by atoms with van der Waals surface area (Å²) in [6.07, 6.45) is 3.90. The zero-order valence-corrected chi connectivity index (χ0v) is 20.4. The van der Waals surface area contributed by atoms with Gasteiger partial charge in [-0.15, -0.1) is 24.0 Å². The number of rotatable bonds is 5. The minimum Gasteiger partial charge on any atom is -0.356 e. The summed E-state index contributed by atoms with van der Waals surface area (Å²) in [6, 6.07) is 17.9. The van der Waals surface area contributed by atoms with E-state index in [4.69, 9.17) is 16.1 Å². The first kappa shape index (κ1) is 23.3. The highest BCUT2D eigenvalue weighted by atomic mass is 127. The first-order valence-corrected chi connectivity index (χ1v) is 10.4. The van der Waals surface area contributed by atoms with Gasteiger partial charge < -0.3 is 14.7 Å². The molecule has 31 heavy (non-hydrogen) atoms. The van der Waals surface area contributed by atoms with Crippen molar-refractivity contribution in [1.29, 1.82) is 0 Å². The van der Waals surface area contributed by atoms with Crippen molar-refractivity contribution in [3.8, 4) is 11.4 Å². The number of nitrogens with zero attached hydrogens (tertiary/aromatic N) is 4. The summed E-state index contributed by atoms with van der Waals surface area (Å²) in [7, 11) is 1.81. The quantitative estimate of drug-likeness (QED) is 0.278. The number of benzene rings is 2. The van der Waals surface area contributed by atoms with Crippen molar-refractivity contribution in [2.75, 3.05) is 26.7 Å². The Morgan fingerprint density at radius 3 is 2.58 bits per heavy atom. The summed E-state index contributed by atoms with van der Waals surface area (Å²) in [4.78, 5) is 11.1. The van der Waals surface area contributed by atoms with E-state index in [9.17, 15) is 0 Å². The molecule has 0 radical (unpaired) electrons. The van der Waals surface area contributed by atoms with Crippen molar-refractivity contribution in [3.05, 3.63) is 77.2 Å². The number of aromatic nitrogens is 2. The SMILES string of the molecule is CN=C(NCCc1nc(-c2ccc(Cl)cc2)no1)N1CC=C(c2ccccc2)CC1.I. The molecule has 0 fully saturated rings. The maximum absolute atomic E-state index is 5.93. The molecule has 1 N–H and O–H groups in total. The van der Waals surface area contributed by atoms with E-state index < -0.39 is 0 Å². The molecule has 1 aliphatic rings. The Morgan fingerprint density at radius 1 is 1.13 bits per heavy atom. The summed E-state index contributed by atoms with van der Waals surface area (Å²) in [5.41, 5.74) is 3.57. The molecule has 0 atom stereocenters. The van der Waals surface area contributed by atoms with E-state index in [0.717, 1.165) is 31.0 Å². The van der Waals surface area contributed by atoms with Crippen LogP contribution in [0.5, 0.6) is 0 Å². The molecule has 2 aromatic carbocycles. The third-order valence-electron chi connectivity index (χ3n) is 5.06. The van der Waals surface area contributed by atoms with Crippen LogP contribution in [0.4, 0.5) is 0 Å². The van der Waals surface area contributed by atoms with Gasteiger partial charge in [-0.05, 0) is 41.8 Å². The predicted molar refractivity (Wildman–Crippen MR) is 136 cm³/mol. The maximum Gasteiger partial charge on any atom is 0.228 e. The largest absolute Gasteiger partial charge is 0.356 e. The summed E-state index contributed by atoms with van der Waals surface area (Å²) < 4.78 is 5.38. The first-order chi connectivity index (χ1) is 14.7. The zero-order valence-electron chi connectivity index (χ0n) is 17.3. The smallest absolute Gasteiger partial charge is 0.228 e. The first-order valence-electron chi connectivity index (χ1n) is 10.0. The molecule has 4 rings (SSSR count). The third-order valence-corrected chi connectivity index (χ3v) is 5.31. The topological polar surface area (TPSA) is 66.5 Å². The number of nitrogens with one attached hydrogen (secondary N) is 1. The standard InChI is InChI=1S/C23H24ClN5O.HI/c1-25-23(29-15-12-18(13-16-29)17-5-3-2-4-6-17)26-14-11-21-27-22(28-30-21)19-7-9-20(24)10-8-19;/h2-10,12H,11,13-16H2,1H3,(H,25,26);1H. The van der Waals surface area contributed by atoms with Crippen LogP contribution in [0.1, 0.15) is 17.9 Å². The molecule has 0 saturated carbocycles. The average molecular weight is 550 g/mol. The van der Waals surface area contributed by atoms with Gasteiger partial charge in [0.15, 0.2) is 5.96 Å². The molecule has 6 nitrogen and oxygen atoms in total. The van der Waals surface area contributed by atoms with Gasteiger partial charge in [0.25, 0.3) is 0 Å². The Kier molecular flexibility index (Phi) is 8.48. The summed E-state index contributed by atoms with van der Waals surface area (Å²) in [6.45, 7) is 2.44. The molecule has 0 spiro atoms. The fourth-order valence-corrected chi connectivity index (χ4v) is 3.59. The molecular weight excluding hydrogens is 525 g/mol. The van der Waals surface area contributed by atoms with E-state index in [2.05, 4.69) is 55.7 Å². The second kappa shape index (κ2) is 11.3. The fraction of sp³-hybridized carbons (Fsp3) is 0.261. The number of guanidine groups is 1. The highest BCUT2D eigenvalue weighted by molar-refractivity contribution is 14.0. The highest BCUT2D eigenvalue weighted by Gasteiger charge is 2.16. The van der Waals surface area contributed by atoms with E-state index in [0.29, 0.717) is 29.7 Å².